The maximum atomic E-state index is 13.4. The minimum atomic E-state index is -0.521. The first-order valence-electron chi connectivity index (χ1n) is 21.3. The van der Waals surface area contributed by atoms with E-state index in [0.717, 1.165) is 25.7 Å². The first-order chi connectivity index (χ1) is 24.5. The van der Waals surface area contributed by atoms with Gasteiger partial charge in [-0.2, -0.15) is 0 Å². The van der Waals surface area contributed by atoms with Crippen LogP contribution in [0.25, 0.3) is 0 Å². The van der Waals surface area contributed by atoms with Crippen LogP contribution in [0.1, 0.15) is 194 Å². The Bertz CT molecular complexity index is 875. The number of carbonyl (C=O) groups excluding carboxylic acids is 2. The highest BCUT2D eigenvalue weighted by Crippen LogP contribution is 2.26. The molecule has 0 aromatic carbocycles. The normalized spacial score (nSPS) is 16.8. The van der Waals surface area contributed by atoms with Gasteiger partial charge in [0.1, 0.15) is 6.04 Å². The van der Waals surface area contributed by atoms with Crippen molar-refractivity contribution < 1.29 is 14.3 Å². The average molecular weight is 697 g/mol. The molecule has 1 fully saturated rings. The van der Waals surface area contributed by atoms with Gasteiger partial charge in [0.2, 0.25) is 5.91 Å². The van der Waals surface area contributed by atoms with Gasteiger partial charge >= 0.3 is 5.97 Å². The summed E-state index contributed by atoms with van der Waals surface area (Å²) in [7, 11) is 1.40. The van der Waals surface area contributed by atoms with Gasteiger partial charge in [0.25, 0.3) is 0 Å². The third kappa shape index (κ3) is 25.8. The molecule has 1 amide bonds. The molecule has 0 aliphatic carbocycles. The number of rotatable bonds is 33. The lowest BCUT2D eigenvalue weighted by Gasteiger charge is -2.25. The number of unbranched alkanes of at least 4 members (excludes halogenated alkanes) is 18. The predicted octanol–water partition coefficient (Wildman–Crippen LogP) is 12.5. The van der Waals surface area contributed by atoms with Crippen molar-refractivity contribution in [3.63, 3.8) is 0 Å². The number of hydrogen-bond acceptors (Lipinski definition) is 4. The van der Waals surface area contributed by atoms with Crippen molar-refractivity contribution >= 4 is 11.9 Å². The van der Waals surface area contributed by atoms with Crippen LogP contribution in [0.2, 0.25) is 0 Å². The van der Waals surface area contributed by atoms with Gasteiger partial charge in [-0.15, -0.1) is 0 Å². The Morgan fingerprint density at radius 1 is 0.620 bits per heavy atom. The number of allylic oxidation sites excluding steroid dienone is 8. The lowest BCUT2D eigenvalue weighted by Crippen LogP contribution is -2.42. The number of amides is 1. The molecular formula is C45H80N2O3. The van der Waals surface area contributed by atoms with Gasteiger partial charge in [0.15, 0.2) is 0 Å². The van der Waals surface area contributed by atoms with E-state index in [1.165, 1.54) is 148 Å². The van der Waals surface area contributed by atoms with Crippen LogP contribution in [-0.2, 0) is 14.3 Å². The fourth-order valence-corrected chi connectivity index (χ4v) is 7.06. The minimum absolute atomic E-state index is 0.0819. The Kier molecular flexibility index (Phi) is 31.2. The number of esters is 1. The zero-order valence-corrected chi connectivity index (χ0v) is 33.1. The Balaban J connectivity index is 2.31. The highest BCUT2D eigenvalue weighted by atomic mass is 16.5. The van der Waals surface area contributed by atoms with E-state index in [1.54, 1.807) is 4.90 Å². The van der Waals surface area contributed by atoms with Crippen molar-refractivity contribution in [3.8, 4) is 0 Å². The van der Waals surface area contributed by atoms with Gasteiger partial charge in [-0.3, -0.25) is 4.79 Å². The van der Waals surface area contributed by atoms with E-state index < -0.39 is 6.04 Å². The molecule has 1 aliphatic rings. The van der Waals surface area contributed by atoms with Crippen molar-refractivity contribution in [2.45, 2.75) is 206 Å². The van der Waals surface area contributed by atoms with Gasteiger partial charge in [-0.25, -0.2) is 4.79 Å². The molecule has 2 atom stereocenters. The minimum Gasteiger partial charge on any atom is -0.467 e. The van der Waals surface area contributed by atoms with Crippen LogP contribution in [0, 0.1) is 5.92 Å². The predicted molar refractivity (Wildman–Crippen MR) is 216 cm³/mol. The lowest BCUT2D eigenvalue weighted by atomic mass is 9.90. The molecule has 1 saturated heterocycles. The summed E-state index contributed by atoms with van der Waals surface area (Å²) in [6, 6.07) is -0.673. The maximum Gasteiger partial charge on any atom is 0.328 e. The molecule has 50 heavy (non-hydrogen) atoms. The van der Waals surface area contributed by atoms with Crippen LogP contribution in [0.5, 0.6) is 0 Å². The molecule has 5 nitrogen and oxygen atoms in total. The number of ether oxygens (including phenoxy) is 1. The molecule has 288 valence electrons. The fraction of sp³-hybridized carbons (Fsp3) is 0.778. The summed E-state index contributed by atoms with van der Waals surface area (Å²) in [6.07, 6.45) is 51.9. The van der Waals surface area contributed by atoms with Crippen molar-refractivity contribution in [3.05, 3.63) is 48.6 Å². The molecule has 1 heterocycles. The summed E-state index contributed by atoms with van der Waals surface area (Å²) in [5, 5.41) is 0. The molecule has 0 spiro atoms. The second-order valence-corrected chi connectivity index (χ2v) is 14.9. The molecule has 5 heteroatoms. The van der Waals surface area contributed by atoms with Crippen LogP contribution < -0.4 is 5.73 Å². The second kappa shape index (κ2) is 34.0. The molecule has 1 rings (SSSR count). The van der Waals surface area contributed by atoms with Crippen LogP contribution in [0.4, 0.5) is 0 Å². The van der Waals surface area contributed by atoms with E-state index in [2.05, 4.69) is 62.5 Å². The lowest BCUT2D eigenvalue weighted by molar-refractivity contribution is -0.151. The number of methoxy groups -OCH3 is 1. The molecule has 0 unspecified atom stereocenters. The number of nitrogens with two attached hydrogens (primary N) is 1. The number of likely N-dealkylation sites (tertiary alicyclic amines) is 1. The van der Waals surface area contributed by atoms with Gasteiger partial charge in [0.05, 0.1) is 7.11 Å². The summed E-state index contributed by atoms with van der Waals surface area (Å²) in [5.74, 6) is 0.130. The zero-order valence-electron chi connectivity index (χ0n) is 33.1. The third-order valence-corrected chi connectivity index (χ3v) is 10.2. The van der Waals surface area contributed by atoms with E-state index >= 15 is 0 Å². The van der Waals surface area contributed by atoms with E-state index in [-0.39, 0.29) is 17.9 Å². The Morgan fingerprint density at radius 3 is 1.44 bits per heavy atom. The van der Waals surface area contributed by atoms with E-state index in [9.17, 15) is 9.59 Å². The van der Waals surface area contributed by atoms with Gasteiger partial charge in [-0.05, 0) is 89.4 Å². The molecule has 0 saturated carbocycles. The van der Waals surface area contributed by atoms with E-state index in [0.29, 0.717) is 25.3 Å². The maximum absolute atomic E-state index is 13.4. The van der Waals surface area contributed by atoms with Crippen LogP contribution in [0.15, 0.2) is 48.6 Å². The van der Waals surface area contributed by atoms with E-state index in [4.69, 9.17) is 10.5 Å². The van der Waals surface area contributed by atoms with Gasteiger partial charge in [0, 0.05) is 19.0 Å². The largest absolute Gasteiger partial charge is 0.467 e. The first-order valence-corrected chi connectivity index (χ1v) is 21.3. The van der Waals surface area contributed by atoms with Crippen molar-refractivity contribution in [1.29, 1.82) is 0 Å². The third-order valence-electron chi connectivity index (χ3n) is 10.2. The van der Waals surface area contributed by atoms with Gasteiger partial charge in [-0.1, -0.05) is 152 Å². The molecule has 0 aromatic rings. The highest BCUT2D eigenvalue weighted by molar-refractivity contribution is 5.85. The molecule has 1 aliphatic heterocycles. The van der Waals surface area contributed by atoms with Crippen LogP contribution >= 0.6 is 0 Å². The average Bonchev–Trinajstić information content (AvgIpc) is 3.52. The van der Waals surface area contributed by atoms with Crippen molar-refractivity contribution in [2.75, 3.05) is 13.7 Å². The number of carbonyl (C=O) groups is 2. The topological polar surface area (TPSA) is 72.6 Å². The zero-order chi connectivity index (χ0) is 36.3. The standard InChI is InChI=1S/C45H80N2O3/c1-4-6-8-10-12-14-16-18-20-22-24-26-28-30-32-34-36-41(38-44(48)47-40-42(46)39-43(47)45(49)50-3)37-35-33-31-29-27-25-23-21-19-17-15-13-11-9-7-5-2/h12-15,18-21,41-43H,4-11,16-17,22-40,46H2,1-3H3/b14-12-,15-13-,20-18-,21-19-/t42-,43-/m0/s1. The summed E-state index contributed by atoms with van der Waals surface area (Å²) in [5.41, 5.74) is 6.17. The summed E-state index contributed by atoms with van der Waals surface area (Å²) in [4.78, 5) is 27.5. The quantitative estimate of drug-likeness (QED) is 0.0421. The smallest absolute Gasteiger partial charge is 0.328 e. The van der Waals surface area contributed by atoms with Gasteiger partial charge < -0.3 is 15.4 Å². The number of hydrogen-bond donors (Lipinski definition) is 1. The Hall–Kier alpha value is -2.14. The number of nitrogens with zero attached hydrogens (tertiary/aromatic N) is 1. The first kappa shape index (κ1) is 45.9. The Morgan fingerprint density at radius 2 is 1.02 bits per heavy atom. The summed E-state index contributed by atoms with van der Waals surface area (Å²) in [6.45, 7) is 4.97. The van der Waals surface area contributed by atoms with Crippen LogP contribution in [-0.4, -0.2) is 42.5 Å². The second-order valence-electron chi connectivity index (χ2n) is 14.9. The summed E-state index contributed by atoms with van der Waals surface area (Å²) < 4.78 is 4.99. The fourth-order valence-electron chi connectivity index (χ4n) is 7.06. The van der Waals surface area contributed by atoms with Crippen LogP contribution in [0.3, 0.4) is 0 Å². The molecule has 2 N–H and O–H groups in total. The Labute approximate surface area is 310 Å². The molecular weight excluding hydrogens is 617 g/mol. The summed E-state index contributed by atoms with van der Waals surface area (Å²) >= 11 is 0. The van der Waals surface area contributed by atoms with Crippen molar-refractivity contribution in [2.24, 2.45) is 11.7 Å². The molecule has 0 bridgehead atoms. The highest BCUT2D eigenvalue weighted by Gasteiger charge is 2.39. The molecule has 0 radical (unpaired) electrons. The monoisotopic (exact) mass is 697 g/mol. The SMILES string of the molecule is CCCCC/C=C\C/C=C\CCCCCCCCC(CCCCCCCC/C=C\C/C=C\CCCCC)CC(=O)N1C[C@@H](N)C[C@H]1C(=O)OC. The van der Waals surface area contributed by atoms with E-state index in [1.807, 2.05) is 0 Å². The molecule has 0 aromatic heterocycles. The van der Waals surface area contributed by atoms with Crippen molar-refractivity contribution in [1.82, 2.24) is 4.90 Å².